The van der Waals surface area contributed by atoms with Gasteiger partial charge in [0.25, 0.3) is 5.91 Å². The Morgan fingerprint density at radius 2 is 2.31 bits per heavy atom. The van der Waals surface area contributed by atoms with Gasteiger partial charge in [-0.2, -0.15) is 0 Å². The van der Waals surface area contributed by atoms with Gasteiger partial charge in [-0.05, 0) is 24.6 Å². The van der Waals surface area contributed by atoms with Crippen molar-refractivity contribution < 1.29 is 9.90 Å². The molecule has 1 fully saturated rings. The normalized spacial score (nSPS) is 20.1. The molecule has 0 saturated carbocycles. The lowest BCUT2D eigenvalue weighted by Gasteiger charge is -2.16. The third kappa shape index (κ3) is 2.33. The summed E-state index contributed by atoms with van der Waals surface area (Å²) in [5, 5.41) is 9.72. The summed E-state index contributed by atoms with van der Waals surface area (Å²) in [6.45, 7) is 1.41. The Labute approximate surface area is 107 Å². The molecular weight excluding hydrogens is 293 g/mol. The smallest absolute Gasteiger partial charge is 0.255 e. The maximum Gasteiger partial charge on any atom is 0.255 e. The molecule has 0 radical (unpaired) electrons. The molecule has 3 nitrogen and oxygen atoms in total. The highest BCUT2D eigenvalue weighted by atomic mass is 79.9. The number of amides is 1. The lowest BCUT2D eigenvalue weighted by molar-refractivity contribution is 0.0793. The van der Waals surface area contributed by atoms with Crippen LogP contribution >= 0.6 is 27.5 Å². The summed E-state index contributed by atoms with van der Waals surface area (Å²) in [4.78, 5) is 14.2. The van der Waals surface area contributed by atoms with E-state index in [1.807, 2.05) is 0 Å². The van der Waals surface area contributed by atoms with Crippen LogP contribution in [0.15, 0.2) is 18.2 Å². The molecule has 1 unspecified atom stereocenters. The van der Waals surface area contributed by atoms with Gasteiger partial charge in [0.05, 0.1) is 10.6 Å². The molecule has 2 rings (SSSR count). The Morgan fingerprint density at radius 1 is 1.56 bits per heavy atom. The van der Waals surface area contributed by atoms with E-state index >= 15 is 0 Å². The molecule has 86 valence electrons. The number of carbonyl (C=O) groups is 1. The monoisotopic (exact) mass is 303 g/mol. The van der Waals surface area contributed by atoms with Crippen LogP contribution in [0, 0.1) is 0 Å². The van der Waals surface area contributed by atoms with Gasteiger partial charge < -0.3 is 10.0 Å². The highest BCUT2D eigenvalue weighted by Gasteiger charge is 2.26. The second kappa shape index (κ2) is 4.63. The predicted molar refractivity (Wildman–Crippen MR) is 66.4 cm³/mol. The minimum Gasteiger partial charge on any atom is -0.508 e. The van der Waals surface area contributed by atoms with Crippen LogP contribution in [0.5, 0.6) is 5.75 Å². The zero-order valence-corrected chi connectivity index (χ0v) is 10.8. The van der Waals surface area contributed by atoms with Gasteiger partial charge in [-0.1, -0.05) is 27.5 Å². The topological polar surface area (TPSA) is 40.5 Å². The number of benzene rings is 1. The van der Waals surface area contributed by atoms with E-state index in [1.165, 1.54) is 18.2 Å². The first-order valence-electron chi connectivity index (χ1n) is 5.00. The van der Waals surface area contributed by atoms with Gasteiger partial charge >= 0.3 is 0 Å². The Kier molecular flexibility index (Phi) is 3.40. The van der Waals surface area contributed by atoms with Crippen molar-refractivity contribution in [2.45, 2.75) is 11.2 Å². The quantitative estimate of drug-likeness (QED) is 0.810. The van der Waals surface area contributed by atoms with Gasteiger partial charge in [-0.3, -0.25) is 4.79 Å². The SMILES string of the molecule is O=C(c1cc(O)ccc1Cl)N1CCC(Br)C1. The fourth-order valence-electron chi connectivity index (χ4n) is 1.75. The summed E-state index contributed by atoms with van der Waals surface area (Å²) in [5.41, 5.74) is 0.364. The number of phenols is 1. The molecule has 1 atom stereocenters. The Hall–Kier alpha value is -0.740. The number of aromatic hydroxyl groups is 1. The van der Waals surface area contributed by atoms with Gasteiger partial charge in [0, 0.05) is 17.9 Å². The maximum absolute atomic E-state index is 12.1. The number of hydrogen-bond acceptors (Lipinski definition) is 2. The summed E-state index contributed by atoms with van der Waals surface area (Å²) in [6.07, 6.45) is 0.947. The molecule has 1 N–H and O–H groups in total. The number of alkyl halides is 1. The van der Waals surface area contributed by atoms with Crippen LogP contribution in [0.1, 0.15) is 16.8 Å². The molecule has 1 heterocycles. The lowest BCUT2D eigenvalue weighted by Crippen LogP contribution is -2.28. The van der Waals surface area contributed by atoms with Gasteiger partial charge in [0.15, 0.2) is 0 Å². The number of nitrogens with zero attached hydrogens (tertiary/aromatic N) is 1. The van der Waals surface area contributed by atoms with Crippen molar-refractivity contribution in [3.8, 4) is 5.75 Å². The van der Waals surface area contributed by atoms with Crippen molar-refractivity contribution in [2.75, 3.05) is 13.1 Å². The number of phenolic OH excluding ortho intramolecular Hbond substituents is 1. The fourth-order valence-corrected chi connectivity index (χ4v) is 2.50. The van der Waals surface area contributed by atoms with Gasteiger partial charge in [-0.25, -0.2) is 0 Å². The highest BCUT2D eigenvalue weighted by Crippen LogP contribution is 2.25. The maximum atomic E-state index is 12.1. The largest absolute Gasteiger partial charge is 0.508 e. The van der Waals surface area contributed by atoms with E-state index in [0.29, 0.717) is 22.0 Å². The molecule has 1 amide bonds. The van der Waals surface area contributed by atoms with E-state index in [4.69, 9.17) is 11.6 Å². The van der Waals surface area contributed by atoms with Crippen molar-refractivity contribution in [3.63, 3.8) is 0 Å². The minimum atomic E-state index is -0.122. The van der Waals surface area contributed by atoms with E-state index in [9.17, 15) is 9.90 Å². The zero-order chi connectivity index (χ0) is 11.7. The first-order chi connectivity index (χ1) is 7.58. The molecule has 16 heavy (non-hydrogen) atoms. The van der Waals surface area contributed by atoms with Crippen molar-refractivity contribution in [1.29, 1.82) is 0 Å². The number of hydrogen-bond donors (Lipinski definition) is 1. The Bertz CT molecular complexity index is 424. The van der Waals surface area contributed by atoms with E-state index in [2.05, 4.69) is 15.9 Å². The van der Waals surface area contributed by atoms with Crippen molar-refractivity contribution >= 4 is 33.4 Å². The molecule has 0 aliphatic carbocycles. The van der Waals surface area contributed by atoms with Crippen LogP contribution < -0.4 is 0 Å². The minimum absolute atomic E-state index is 0.0577. The molecule has 5 heteroatoms. The van der Waals surface area contributed by atoms with Crippen molar-refractivity contribution in [2.24, 2.45) is 0 Å². The van der Waals surface area contributed by atoms with Crippen molar-refractivity contribution in [1.82, 2.24) is 4.90 Å². The lowest BCUT2D eigenvalue weighted by atomic mass is 10.2. The summed E-state index contributed by atoms with van der Waals surface area (Å²) >= 11 is 9.41. The van der Waals surface area contributed by atoms with Gasteiger partial charge in [0.1, 0.15) is 5.75 Å². The summed E-state index contributed by atoms with van der Waals surface area (Å²) in [7, 11) is 0. The fraction of sp³-hybridized carbons (Fsp3) is 0.364. The molecule has 0 aromatic heterocycles. The average molecular weight is 305 g/mol. The summed E-state index contributed by atoms with van der Waals surface area (Å²) < 4.78 is 0. The number of likely N-dealkylation sites (tertiary alicyclic amines) is 1. The van der Waals surface area contributed by atoms with Crippen LogP contribution in [-0.4, -0.2) is 33.8 Å². The molecule has 1 aromatic rings. The zero-order valence-electron chi connectivity index (χ0n) is 8.49. The van der Waals surface area contributed by atoms with Gasteiger partial charge in [0.2, 0.25) is 0 Å². The molecular formula is C11H11BrClNO2. The summed E-state index contributed by atoms with van der Waals surface area (Å²) in [6, 6.07) is 4.41. The molecule has 1 saturated heterocycles. The molecule has 1 aliphatic heterocycles. The third-order valence-corrected chi connectivity index (χ3v) is 3.68. The van der Waals surface area contributed by atoms with E-state index in [1.54, 1.807) is 4.90 Å². The second-order valence-corrected chi connectivity index (χ2v) is 5.50. The van der Waals surface area contributed by atoms with Crippen LogP contribution in [0.4, 0.5) is 0 Å². The predicted octanol–water partition coefficient (Wildman–Crippen LogP) is 2.66. The number of carbonyl (C=O) groups excluding carboxylic acids is 1. The summed E-state index contributed by atoms with van der Waals surface area (Å²) in [5.74, 6) is -0.0646. The van der Waals surface area contributed by atoms with Gasteiger partial charge in [-0.15, -0.1) is 0 Å². The van der Waals surface area contributed by atoms with Crippen LogP contribution in [0.3, 0.4) is 0 Å². The molecule has 1 aromatic carbocycles. The number of rotatable bonds is 1. The Balaban J connectivity index is 2.23. The van der Waals surface area contributed by atoms with Crippen LogP contribution in [0.2, 0.25) is 5.02 Å². The first kappa shape index (κ1) is 11.7. The highest BCUT2D eigenvalue weighted by molar-refractivity contribution is 9.09. The van der Waals surface area contributed by atoms with E-state index in [0.717, 1.165) is 13.0 Å². The molecule has 0 bridgehead atoms. The average Bonchev–Trinajstić information content (AvgIpc) is 2.67. The van der Waals surface area contributed by atoms with E-state index < -0.39 is 0 Å². The van der Waals surface area contributed by atoms with Crippen LogP contribution in [0.25, 0.3) is 0 Å². The molecule has 1 aliphatic rings. The Morgan fingerprint density at radius 3 is 2.94 bits per heavy atom. The first-order valence-corrected chi connectivity index (χ1v) is 6.29. The van der Waals surface area contributed by atoms with Crippen LogP contribution in [-0.2, 0) is 0 Å². The van der Waals surface area contributed by atoms with Crippen molar-refractivity contribution in [3.05, 3.63) is 28.8 Å². The standard InChI is InChI=1S/C11H11BrClNO2/c12-7-3-4-14(6-7)11(16)9-5-8(15)1-2-10(9)13/h1-2,5,7,15H,3-4,6H2. The third-order valence-electron chi connectivity index (χ3n) is 2.60. The second-order valence-electron chi connectivity index (χ2n) is 3.80. The van der Waals surface area contributed by atoms with E-state index in [-0.39, 0.29) is 11.7 Å². The number of halogens is 2. The molecule has 0 spiro atoms.